The van der Waals surface area contributed by atoms with Gasteiger partial charge in [0.05, 0.1) is 12.2 Å². The quantitative estimate of drug-likeness (QED) is 0.769. The van der Waals surface area contributed by atoms with Crippen LogP contribution in [0, 0.1) is 11.8 Å². The zero-order chi connectivity index (χ0) is 13.3. The van der Waals surface area contributed by atoms with Gasteiger partial charge in [-0.2, -0.15) is 0 Å². The molecule has 0 aromatic carbocycles. The Morgan fingerprint density at radius 2 is 2.11 bits per heavy atom. The molecule has 1 saturated carbocycles. The average Bonchev–Trinajstić information content (AvgIpc) is 2.30. The maximum Gasteiger partial charge on any atom is 0.226 e. The highest BCUT2D eigenvalue weighted by atomic mass is 16.5. The number of nitrogens with zero attached hydrogens (tertiary/aromatic N) is 1. The Morgan fingerprint density at radius 1 is 1.39 bits per heavy atom. The smallest absolute Gasteiger partial charge is 0.226 e. The molecule has 1 heterocycles. The predicted octanol–water partition coefficient (Wildman–Crippen LogP) is 1.39. The summed E-state index contributed by atoms with van der Waals surface area (Å²) in [6.07, 6.45) is 3.13. The van der Waals surface area contributed by atoms with Crippen LogP contribution in [-0.2, 0) is 9.53 Å². The molecule has 1 amide bonds. The van der Waals surface area contributed by atoms with Gasteiger partial charge in [-0.25, -0.2) is 0 Å². The van der Waals surface area contributed by atoms with Crippen LogP contribution in [0.15, 0.2) is 0 Å². The number of carbonyl (C=O) groups is 1. The van der Waals surface area contributed by atoms with E-state index in [4.69, 9.17) is 10.5 Å². The van der Waals surface area contributed by atoms with Crippen molar-refractivity contribution in [3.05, 3.63) is 0 Å². The van der Waals surface area contributed by atoms with E-state index in [0.29, 0.717) is 19.1 Å². The maximum absolute atomic E-state index is 12.6. The van der Waals surface area contributed by atoms with Gasteiger partial charge in [-0.1, -0.05) is 13.3 Å². The highest BCUT2D eigenvalue weighted by molar-refractivity contribution is 5.79. The van der Waals surface area contributed by atoms with Crippen molar-refractivity contribution in [1.29, 1.82) is 0 Å². The van der Waals surface area contributed by atoms with Crippen LogP contribution in [0.2, 0.25) is 0 Å². The number of hydrogen-bond acceptors (Lipinski definition) is 3. The molecule has 3 unspecified atom stereocenters. The molecule has 2 aliphatic rings. The van der Waals surface area contributed by atoms with Gasteiger partial charge in [0.15, 0.2) is 0 Å². The summed E-state index contributed by atoms with van der Waals surface area (Å²) in [5, 5.41) is 0. The third kappa shape index (κ3) is 2.86. The molecule has 3 atom stereocenters. The SMILES string of the molecule is CC1C(N)CCCC1C(=O)N1CCOC(C)(C)C1. The molecule has 0 aromatic heterocycles. The first-order valence-corrected chi connectivity index (χ1v) is 7.09. The van der Waals surface area contributed by atoms with Gasteiger partial charge in [-0.15, -0.1) is 0 Å². The fourth-order valence-electron chi connectivity index (χ4n) is 3.19. The number of amides is 1. The standard InChI is InChI=1S/C14H26N2O2/c1-10-11(5-4-6-12(10)15)13(17)16-7-8-18-14(2,3)9-16/h10-12H,4-9,15H2,1-3H3. The lowest BCUT2D eigenvalue weighted by Gasteiger charge is -2.42. The first kappa shape index (κ1) is 13.8. The van der Waals surface area contributed by atoms with Gasteiger partial charge in [0.1, 0.15) is 0 Å². The predicted molar refractivity (Wildman–Crippen MR) is 71.1 cm³/mol. The highest BCUT2D eigenvalue weighted by Gasteiger charge is 2.38. The molecule has 1 aliphatic heterocycles. The van der Waals surface area contributed by atoms with Crippen molar-refractivity contribution in [2.24, 2.45) is 17.6 Å². The van der Waals surface area contributed by atoms with Crippen molar-refractivity contribution in [3.63, 3.8) is 0 Å². The zero-order valence-electron chi connectivity index (χ0n) is 11.8. The van der Waals surface area contributed by atoms with Crippen LogP contribution in [0.5, 0.6) is 0 Å². The minimum absolute atomic E-state index is 0.114. The number of ether oxygens (including phenoxy) is 1. The van der Waals surface area contributed by atoms with Gasteiger partial charge >= 0.3 is 0 Å². The minimum Gasteiger partial charge on any atom is -0.372 e. The lowest BCUT2D eigenvalue weighted by atomic mass is 9.76. The van der Waals surface area contributed by atoms with Crippen LogP contribution >= 0.6 is 0 Å². The molecule has 0 bridgehead atoms. The molecule has 4 heteroatoms. The molecule has 1 aliphatic carbocycles. The van der Waals surface area contributed by atoms with Crippen molar-refractivity contribution < 1.29 is 9.53 Å². The summed E-state index contributed by atoms with van der Waals surface area (Å²) in [5.74, 6) is 0.703. The number of rotatable bonds is 1. The second-order valence-electron chi connectivity index (χ2n) is 6.43. The number of nitrogens with two attached hydrogens (primary N) is 1. The van der Waals surface area contributed by atoms with Crippen LogP contribution in [0.4, 0.5) is 0 Å². The molecule has 1 saturated heterocycles. The fourth-order valence-corrected chi connectivity index (χ4v) is 3.19. The molecule has 0 radical (unpaired) electrons. The second-order valence-corrected chi connectivity index (χ2v) is 6.43. The molecule has 0 spiro atoms. The van der Waals surface area contributed by atoms with Gasteiger partial charge in [0, 0.05) is 25.0 Å². The molecule has 2 rings (SSSR count). The largest absolute Gasteiger partial charge is 0.372 e. The average molecular weight is 254 g/mol. The Morgan fingerprint density at radius 3 is 2.78 bits per heavy atom. The first-order valence-electron chi connectivity index (χ1n) is 7.09. The van der Waals surface area contributed by atoms with E-state index in [0.717, 1.165) is 25.8 Å². The monoisotopic (exact) mass is 254 g/mol. The molecule has 0 aromatic rings. The van der Waals surface area contributed by atoms with E-state index in [2.05, 4.69) is 6.92 Å². The number of carbonyl (C=O) groups excluding carboxylic acids is 1. The summed E-state index contributed by atoms with van der Waals surface area (Å²) >= 11 is 0. The normalized spacial score (nSPS) is 36.4. The van der Waals surface area contributed by atoms with Gasteiger partial charge in [-0.3, -0.25) is 4.79 Å². The third-order valence-corrected chi connectivity index (χ3v) is 4.42. The summed E-state index contributed by atoms with van der Waals surface area (Å²) in [7, 11) is 0. The van der Waals surface area contributed by atoms with E-state index in [1.165, 1.54) is 0 Å². The lowest BCUT2D eigenvalue weighted by molar-refractivity contribution is -0.152. The molecule has 18 heavy (non-hydrogen) atoms. The third-order valence-electron chi connectivity index (χ3n) is 4.42. The fraction of sp³-hybridized carbons (Fsp3) is 0.929. The van der Waals surface area contributed by atoms with Crippen LogP contribution in [0.1, 0.15) is 40.0 Å². The first-order chi connectivity index (χ1) is 8.41. The highest BCUT2D eigenvalue weighted by Crippen LogP contribution is 2.31. The van der Waals surface area contributed by atoms with Crippen LogP contribution < -0.4 is 5.73 Å². The Labute approximate surface area is 110 Å². The van der Waals surface area contributed by atoms with E-state index in [9.17, 15) is 4.79 Å². The summed E-state index contributed by atoms with van der Waals surface area (Å²) in [6.45, 7) is 8.28. The minimum atomic E-state index is -0.214. The van der Waals surface area contributed by atoms with Gasteiger partial charge in [0.2, 0.25) is 5.91 Å². The molecule has 4 nitrogen and oxygen atoms in total. The van der Waals surface area contributed by atoms with E-state index in [1.807, 2.05) is 18.7 Å². The number of morpholine rings is 1. The Hall–Kier alpha value is -0.610. The van der Waals surface area contributed by atoms with Crippen molar-refractivity contribution in [1.82, 2.24) is 4.90 Å². The van der Waals surface area contributed by atoms with Crippen molar-refractivity contribution in [2.75, 3.05) is 19.7 Å². The second kappa shape index (κ2) is 5.17. The molecular weight excluding hydrogens is 228 g/mol. The van der Waals surface area contributed by atoms with Crippen molar-refractivity contribution in [2.45, 2.75) is 51.7 Å². The molecule has 2 fully saturated rings. The van der Waals surface area contributed by atoms with E-state index >= 15 is 0 Å². The summed E-state index contributed by atoms with van der Waals surface area (Å²) in [5.41, 5.74) is 5.88. The summed E-state index contributed by atoms with van der Waals surface area (Å²) in [6, 6.07) is 0.182. The summed E-state index contributed by atoms with van der Waals surface area (Å²) < 4.78 is 5.66. The van der Waals surface area contributed by atoms with Crippen LogP contribution in [-0.4, -0.2) is 42.1 Å². The molecular formula is C14H26N2O2. The summed E-state index contributed by atoms with van der Waals surface area (Å²) in [4.78, 5) is 14.6. The van der Waals surface area contributed by atoms with Crippen molar-refractivity contribution >= 4 is 5.91 Å². The van der Waals surface area contributed by atoms with Crippen molar-refractivity contribution in [3.8, 4) is 0 Å². The Bertz CT molecular complexity index is 317. The lowest BCUT2D eigenvalue weighted by Crippen LogP contribution is -2.54. The molecule has 104 valence electrons. The Kier molecular flexibility index (Phi) is 3.97. The van der Waals surface area contributed by atoms with Gasteiger partial charge < -0.3 is 15.4 Å². The number of hydrogen-bond donors (Lipinski definition) is 1. The van der Waals surface area contributed by atoms with Gasteiger partial charge in [0.25, 0.3) is 0 Å². The van der Waals surface area contributed by atoms with E-state index in [-0.39, 0.29) is 23.5 Å². The zero-order valence-corrected chi connectivity index (χ0v) is 11.8. The molecule has 2 N–H and O–H groups in total. The topological polar surface area (TPSA) is 55.6 Å². The van der Waals surface area contributed by atoms with E-state index < -0.39 is 0 Å². The van der Waals surface area contributed by atoms with Crippen LogP contribution in [0.3, 0.4) is 0 Å². The maximum atomic E-state index is 12.6. The Balaban J connectivity index is 2.02. The van der Waals surface area contributed by atoms with Gasteiger partial charge in [-0.05, 0) is 32.6 Å². The van der Waals surface area contributed by atoms with Crippen LogP contribution in [0.25, 0.3) is 0 Å². The van der Waals surface area contributed by atoms with E-state index in [1.54, 1.807) is 0 Å².